The van der Waals surface area contributed by atoms with Gasteiger partial charge in [0.1, 0.15) is 0 Å². The topological polar surface area (TPSA) is 46.3 Å². The van der Waals surface area contributed by atoms with Crippen LogP contribution >= 0.6 is 12.4 Å². The van der Waals surface area contributed by atoms with Gasteiger partial charge < -0.3 is 10.6 Å². The van der Waals surface area contributed by atoms with Crippen LogP contribution in [0.25, 0.3) is 0 Å². The second kappa shape index (κ2) is 5.93. The molecule has 1 heterocycles. The Morgan fingerprint density at radius 2 is 2.11 bits per heavy atom. The Morgan fingerprint density at radius 1 is 1.32 bits per heavy atom. The van der Waals surface area contributed by atoms with Crippen LogP contribution in [0.4, 0.5) is 0 Å². The first-order valence-electron chi connectivity index (χ1n) is 6.89. The Kier molecular flexibility index (Phi) is 4.48. The Bertz CT molecular complexity index is 475. The van der Waals surface area contributed by atoms with E-state index in [2.05, 4.69) is 12.1 Å². The molecule has 0 bridgehead atoms. The molecule has 2 aliphatic rings. The highest BCUT2D eigenvalue weighted by Crippen LogP contribution is 2.24. The highest BCUT2D eigenvalue weighted by molar-refractivity contribution is 5.94. The van der Waals surface area contributed by atoms with Crippen LogP contribution in [0.5, 0.6) is 0 Å². The minimum Gasteiger partial charge on any atom is -0.338 e. The number of likely N-dealkylation sites (tertiary alicyclic amines) is 1. The summed E-state index contributed by atoms with van der Waals surface area (Å²) in [6.07, 6.45) is 4.57. The third-order valence-electron chi connectivity index (χ3n) is 4.25. The molecule has 1 aliphatic carbocycles. The maximum Gasteiger partial charge on any atom is 0.253 e. The molecule has 1 unspecified atom stereocenters. The summed E-state index contributed by atoms with van der Waals surface area (Å²) in [7, 11) is 0. The van der Waals surface area contributed by atoms with Gasteiger partial charge in [0.2, 0.25) is 0 Å². The van der Waals surface area contributed by atoms with Gasteiger partial charge in [-0.25, -0.2) is 0 Å². The lowest BCUT2D eigenvalue weighted by Crippen LogP contribution is -2.29. The highest BCUT2D eigenvalue weighted by atomic mass is 35.5. The molecular weight excluding hydrogens is 260 g/mol. The summed E-state index contributed by atoms with van der Waals surface area (Å²) in [4.78, 5) is 14.3. The lowest BCUT2D eigenvalue weighted by molar-refractivity contribution is 0.0787. The van der Waals surface area contributed by atoms with E-state index >= 15 is 0 Å². The highest BCUT2D eigenvalue weighted by Gasteiger charge is 2.26. The molecule has 0 spiro atoms. The van der Waals surface area contributed by atoms with E-state index in [4.69, 9.17) is 5.73 Å². The van der Waals surface area contributed by atoms with E-state index in [1.807, 2.05) is 11.0 Å². The first-order chi connectivity index (χ1) is 8.78. The van der Waals surface area contributed by atoms with Crippen molar-refractivity contribution in [1.29, 1.82) is 0 Å². The molecule has 0 radical (unpaired) electrons. The summed E-state index contributed by atoms with van der Waals surface area (Å²) in [5.74, 6) is 0.670. The predicted molar refractivity (Wildman–Crippen MR) is 78.8 cm³/mol. The zero-order valence-corrected chi connectivity index (χ0v) is 11.9. The first kappa shape index (κ1) is 14.4. The fourth-order valence-corrected chi connectivity index (χ4v) is 3.10. The lowest BCUT2D eigenvalue weighted by atomic mass is 10.1. The summed E-state index contributed by atoms with van der Waals surface area (Å²) in [6.45, 7) is 2.37. The minimum atomic E-state index is 0. The van der Waals surface area contributed by atoms with Gasteiger partial charge in [-0.2, -0.15) is 0 Å². The summed E-state index contributed by atoms with van der Waals surface area (Å²) >= 11 is 0. The molecule has 19 heavy (non-hydrogen) atoms. The molecule has 1 saturated heterocycles. The van der Waals surface area contributed by atoms with Crippen LogP contribution in [0.15, 0.2) is 18.2 Å². The van der Waals surface area contributed by atoms with E-state index in [9.17, 15) is 4.79 Å². The number of halogens is 1. The van der Waals surface area contributed by atoms with Crippen LogP contribution in [0.2, 0.25) is 0 Å². The predicted octanol–water partition coefficient (Wildman–Crippen LogP) is 2.02. The molecule has 1 fully saturated rings. The maximum absolute atomic E-state index is 12.4. The molecule has 1 aliphatic heterocycles. The second-order valence-corrected chi connectivity index (χ2v) is 5.48. The van der Waals surface area contributed by atoms with Crippen LogP contribution in [0.1, 0.15) is 34.3 Å². The summed E-state index contributed by atoms with van der Waals surface area (Å²) in [5, 5.41) is 0. The average Bonchev–Trinajstić information content (AvgIpc) is 3.05. The SMILES string of the molecule is Cl.NCC1CCN(C(=O)c2ccc3c(c2)CCC3)C1. The number of carbonyl (C=O) groups is 1. The van der Waals surface area contributed by atoms with Crippen LogP contribution in [-0.2, 0) is 12.8 Å². The van der Waals surface area contributed by atoms with Gasteiger partial charge in [-0.3, -0.25) is 4.79 Å². The summed E-state index contributed by atoms with van der Waals surface area (Å²) < 4.78 is 0. The van der Waals surface area contributed by atoms with E-state index < -0.39 is 0 Å². The lowest BCUT2D eigenvalue weighted by Gasteiger charge is -2.16. The number of nitrogens with zero attached hydrogens (tertiary/aromatic N) is 1. The van der Waals surface area contributed by atoms with Crippen LogP contribution in [0.3, 0.4) is 0 Å². The van der Waals surface area contributed by atoms with Gasteiger partial charge in [0.05, 0.1) is 0 Å². The Hall–Kier alpha value is -1.06. The largest absolute Gasteiger partial charge is 0.338 e. The second-order valence-electron chi connectivity index (χ2n) is 5.48. The zero-order valence-electron chi connectivity index (χ0n) is 11.1. The van der Waals surface area contributed by atoms with Crippen molar-refractivity contribution in [3.8, 4) is 0 Å². The minimum absolute atomic E-state index is 0. The molecule has 104 valence electrons. The first-order valence-corrected chi connectivity index (χ1v) is 6.89. The smallest absolute Gasteiger partial charge is 0.253 e. The normalized spacial score (nSPS) is 21.1. The number of hydrogen-bond donors (Lipinski definition) is 1. The number of aryl methyl sites for hydroxylation is 2. The number of carbonyl (C=O) groups excluding carboxylic acids is 1. The van der Waals surface area contributed by atoms with Crippen molar-refractivity contribution < 1.29 is 4.79 Å². The molecule has 4 heteroatoms. The van der Waals surface area contributed by atoms with Gasteiger partial charge in [0.15, 0.2) is 0 Å². The van der Waals surface area contributed by atoms with Crippen molar-refractivity contribution in [3.05, 3.63) is 34.9 Å². The van der Waals surface area contributed by atoms with Crippen molar-refractivity contribution in [2.75, 3.05) is 19.6 Å². The van der Waals surface area contributed by atoms with E-state index in [1.54, 1.807) is 0 Å². The van der Waals surface area contributed by atoms with Gasteiger partial charge in [0.25, 0.3) is 5.91 Å². The van der Waals surface area contributed by atoms with Crippen molar-refractivity contribution >= 4 is 18.3 Å². The van der Waals surface area contributed by atoms with Crippen LogP contribution in [0, 0.1) is 5.92 Å². The molecule has 3 nitrogen and oxygen atoms in total. The summed E-state index contributed by atoms with van der Waals surface area (Å²) in [5.41, 5.74) is 9.32. The number of rotatable bonds is 2. The Labute approximate surface area is 120 Å². The van der Waals surface area contributed by atoms with E-state index in [0.717, 1.165) is 31.5 Å². The quantitative estimate of drug-likeness (QED) is 0.901. The van der Waals surface area contributed by atoms with Gasteiger partial charge in [-0.05, 0) is 61.4 Å². The third-order valence-corrected chi connectivity index (χ3v) is 4.25. The van der Waals surface area contributed by atoms with Crippen LogP contribution < -0.4 is 5.73 Å². The molecule has 0 saturated carbocycles. The number of nitrogens with two attached hydrogens (primary N) is 1. The van der Waals surface area contributed by atoms with Crippen molar-refractivity contribution in [2.24, 2.45) is 11.7 Å². The Balaban J connectivity index is 0.00000133. The van der Waals surface area contributed by atoms with E-state index in [1.165, 1.54) is 24.0 Å². The van der Waals surface area contributed by atoms with Crippen molar-refractivity contribution in [3.63, 3.8) is 0 Å². The molecule has 1 aromatic rings. The van der Waals surface area contributed by atoms with Gasteiger partial charge in [0, 0.05) is 18.7 Å². The average molecular weight is 281 g/mol. The molecule has 2 N–H and O–H groups in total. The molecular formula is C15H21ClN2O. The molecule has 3 rings (SSSR count). The van der Waals surface area contributed by atoms with E-state index in [0.29, 0.717) is 12.5 Å². The molecule has 1 amide bonds. The van der Waals surface area contributed by atoms with Crippen LogP contribution in [-0.4, -0.2) is 30.4 Å². The van der Waals surface area contributed by atoms with Gasteiger partial charge in [-0.1, -0.05) is 6.07 Å². The van der Waals surface area contributed by atoms with E-state index in [-0.39, 0.29) is 18.3 Å². The third kappa shape index (κ3) is 2.77. The number of fused-ring (bicyclic) bond motifs is 1. The fourth-order valence-electron chi connectivity index (χ4n) is 3.10. The monoisotopic (exact) mass is 280 g/mol. The van der Waals surface area contributed by atoms with Gasteiger partial charge >= 0.3 is 0 Å². The molecule has 1 aromatic carbocycles. The molecule has 1 atom stereocenters. The standard InChI is InChI=1S/C15H20N2O.ClH/c16-9-11-6-7-17(10-11)15(18)14-5-4-12-2-1-3-13(12)8-14;/h4-5,8,11H,1-3,6-7,9-10,16H2;1H. The van der Waals surface area contributed by atoms with Gasteiger partial charge in [-0.15, -0.1) is 12.4 Å². The fraction of sp³-hybridized carbons (Fsp3) is 0.533. The number of hydrogen-bond acceptors (Lipinski definition) is 2. The molecule has 0 aromatic heterocycles. The number of amides is 1. The number of benzene rings is 1. The zero-order chi connectivity index (χ0) is 12.5. The Morgan fingerprint density at radius 3 is 2.84 bits per heavy atom. The van der Waals surface area contributed by atoms with Crippen molar-refractivity contribution in [1.82, 2.24) is 4.90 Å². The maximum atomic E-state index is 12.4. The van der Waals surface area contributed by atoms with Crippen molar-refractivity contribution in [2.45, 2.75) is 25.7 Å². The summed E-state index contributed by atoms with van der Waals surface area (Å²) in [6, 6.07) is 6.22.